The van der Waals surface area contributed by atoms with Gasteiger partial charge in [-0.05, 0) is 38.0 Å². The predicted octanol–water partition coefficient (Wildman–Crippen LogP) is 3.21. The number of rotatable bonds is 1. The highest BCUT2D eigenvalue weighted by Gasteiger charge is 2.44. The standard InChI is InChI=1S/C19H23NO3/c1-12(2)18(22)20-7-5-19(6-8-20)11-16(21)15-10-13(3)9-14(4)17(15)23-19/h9-10H,1,5-8,11H2,2-4H3. The molecule has 0 saturated carbocycles. The number of hydrogen-bond donors (Lipinski definition) is 0. The smallest absolute Gasteiger partial charge is 0.248 e. The van der Waals surface area contributed by atoms with Crippen molar-refractivity contribution in [3.8, 4) is 5.75 Å². The van der Waals surface area contributed by atoms with Gasteiger partial charge in [0.05, 0.1) is 12.0 Å². The van der Waals surface area contributed by atoms with Crippen LogP contribution in [-0.4, -0.2) is 35.3 Å². The maximum absolute atomic E-state index is 12.6. The van der Waals surface area contributed by atoms with Gasteiger partial charge < -0.3 is 9.64 Å². The molecule has 1 fully saturated rings. The Kier molecular flexibility index (Phi) is 3.78. The zero-order chi connectivity index (χ0) is 16.8. The highest BCUT2D eigenvalue weighted by molar-refractivity contribution is 6.01. The van der Waals surface area contributed by atoms with E-state index >= 15 is 0 Å². The van der Waals surface area contributed by atoms with Crippen molar-refractivity contribution >= 4 is 11.7 Å². The summed E-state index contributed by atoms with van der Waals surface area (Å²) in [5.41, 5.74) is 2.88. The lowest BCUT2D eigenvalue weighted by atomic mass is 9.81. The molecule has 0 unspecified atom stereocenters. The summed E-state index contributed by atoms with van der Waals surface area (Å²) in [6.07, 6.45) is 1.77. The number of nitrogens with zero attached hydrogens (tertiary/aromatic N) is 1. The number of piperidine rings is 1. The third kappa shape index (κ3) is 2.78. The van der Waals surface area contributed by atoms with Crippen LogP contribution in [0.2, 0.25) is 0 Å². The van der Waals surface area contributed by atoms with Crippen LogP contribution in [0, 0.1) is 13.8 Å². The van der Waals surface area contributed by atoms with Crippen molar-refractivity contribution < 1.29 is 14.3 Å². The lowest BCUT2D eigenvalue weighted by Crippen LogP contribution is -2.52. The third-order valence-electron chi connectivity index (χ3n) is 4.85. The minimum Gasteiger partial charge on any atom is -0.486 e. The van der Waals surface area contributed by atoms with E-state index in [1.165, 1.54) is 0 Å². The van der Waals surface area contributed by atoms with Crippen LogP contribution in [0.25, 0.3) is 0 Å². The molecule has 2 heterocycles. The number of carbonyl (C=O) groups is 2. The van der Waals surface area contributed by atoms with Crippen molar-refractivity contribution in [2.75, 3.05) is 13.1 Å². The number of hydrogen-bond acceptors (Lipinski definition) is 3. The average molecular weight is 313 g/mol. The largest absolute Gasteiger partial charge is 0.486 e. The Labute approximate surface area is 137 Å². The van der Waals surface area contributed by atoms with Gasteiger partial charge in [0.25, 0.3) is 0 Å². The molecule has 3 rings (SSSR count). The summed E-state index contributed by atoms with van der Waals surface area (Å²) >= 11 is 0. The van der Waals surface area contributed by atoms with E-state index in [9.17, 15) is 9.59 Å². The topological polar surface area (TPSA) is 46.6 Å². The molecule has 0 atom stereocenters. The number of likely N-dealkylation sites (tertiary alicyclic amines) is 1. The zero-order valence-electron chi connectivity index (χ0n) is 14.1. The SMILES string of the molecule is C=C(C)C(=O)N1CCC2(CC1)CC(=O)c1cc(C)cc(C)c1O2. The van der Waals surface area contributed by atoms with Crippen molar-refractivity contribution in [1.82, 2.24) is 4.90 Å². The maximum atomic E-state index is 12.6. The van der Waals surface area contributed by atoms with Gasteiger partial charge in [0.2, 0.25) is 5.91 Å². The lowest BCUT2D eigenvalue weighted by Gasteiger charge is -2.44. The summed E-state index contributed by atoms with van der Waals surface area (Å²) in [6, 6.07) is 3.96. The fraction of sp³-hybridized carbons (Fsp3) is 0.474. The molecule has 0 radical (unpaired) electrons. The molecule has 2 aliphatic rings. The molecule has 1 saturated heterocycles. The van der Waals surface area contributed by atoms with Gasteiger partial charge in [-0.25, -0.2) is 0 Å². The first-order valence-electron chi connectivity index (χ1n) is 8.10. The van der Waals surface area contributed by atoms with Crippen LogP contribution in [0.5, 0.6) is 5.75 Å². The highest BCUT2D eigenvalue weighted by atomic mass is 16.5. The molecule has 0 aliphatic carbocycles. The summed E-state index contributed by atoms with van der Waals surface area (Å²) in [7, 11) is 0. The predicted molar refractivity (Wildman–Crippen MR) is 88.9 cm³/mol. The van der Waals surface area contributed by atoms with E-state index in [1.807, 2.05) is 26.0 Å². The van der Waals surface area contributed by atoms with Crippen LogP contribution in [0.4, 0.5) is 0 Å². The van der Waals surface area contributed by atoms with Crippen molar-refractivity contribution in [2.45, 2.75) is 45.6 Å². The van der Waals surface area contributed by atoms with Crippen LogP contribution >= 0.6 is 0 Å². The van der Waals surface area contributed by atoms with Crippen molar-refractivity contribution in [2.24, 2.45) is 0 Å². The second-order valence-corrected chi connectivity index (χ2v) is 6.92. The van der Waals surface area contributed by atoms with Gasteiger partial charge in [-0.1, -0.05) is 12.6 Å². The van der Waals surface area contributed by atoms with Crippen LogP contribution in [0.3, 0.4) is 0 Å². The molecular weight excluding hydrogens is 290 g/mol. The Morgan fingerprint density at radius 2 is 1.91 bits per heavy atom. The number of ketones is 1. The van der Waals surface area contributed by atoms with Gasteiger partial charge in [-0.3, -0.25) is 9.59 Å². The molecule has 0 bridgehead atoms. The first-order chi connectivity index (χ1) is 10.8. The van der Waals surface area contributed by atoms with Gasteiger partial charge in [-0.2, -0.15) is 0 Å². The fourth-order valence-corrected chi connectivity index (χ4v) is 3.60. The van der Waals surface area contributed by atoms with E-state index in [4.69, 9.17) is 4.74 Å². The molecule has 1 amide bonds. The summed E-state index contributed by atoms with van der Waals surface area (Å²) in [6.45, 7) is 10.6. The fourth-order valence-electron chi connectivity index (χ4n) is 3.60. The van der Waals surface area contributed by atoms with Crippen molar-refractivity contribution in [1.29, 1.82) is 0 Å². The quantitative estimate of drug-likeness (QED) is 0.748. The van der Waals surface area contributed by atoms with Crippen molar-refractivity contribution in [3.63, 3.8) is 0 Å². The molecule has 0 aromatic heterocycles. The zero-order valence-corrected chi connectivity index (χ0v) is 14.1. The van der Waals surface area contributed by atoms with Crippen LogP contribution in [0.15, 0.2) is 24.3 Å². The Balaban J connectivity index is 1.83. The Bertz CT molecular complexity index is 697. The van der Waals surface area contributed by atoms with Gasteiger partial charge in [0.1, 0.15) is 11.4 Å². The van der Waals surface area contributed by atoms with E-state index in [2.05, 4.69) is 6.58 Å². The molecule has 0 N–H and O–H groups in total. The first-order valence-corrected chi connectivity index (χ1v) is 8.10. The normalized spacial score (nSPS) is 19.3. The molecule has 1 aromatic rings. The second-order valence-electron chi connectivity index (χ2n) is 6.92. The number of amides is 1. The summed E-state index contributed by atoms with van der Waals surface area (Å²) in [4.78, 5) is 26.5. The van der Waals surface area contributed by atoms with Gasteiger partial charge in [0.15, 0.2) is 5.78 Å². The number of aryl methyl sites for hydroxylation is 2. The average Bonchev–Trinajstić information content (AvgIpc) is 2.49. The number of Topliss-reactive ketones (excluding diaryl/α,β-unsaturated/α-hetero) is 1. The minimum atomic E-state index is -0.462. The van der Waals surface area contributed by atoms with E-state index < -0.39 is 5.60 Å². The van der Waals surface area contributed by atoms with E-state index in [0.717, 1.165) is 16.9 Å². The number of ether oxygens (including phenoxy) is 1. The van der Waals surface area contributed by atoms with Gasteiger partial charge >= 0.3 is 0 Å². The third-order valence-corrected chi connectivity index (χ3v) is 4.85. The second kappa shape index (κ2) is 5.52. The molecule has 2 aliphatic heterocycles. The summed E-state index contributed by atoms with van der Waals surface area (Å²) in [5.74, 6) is 0.874. The van der Waals surface area contributed by atoms with Crippen LogP contribution in [0.1, 0.15) is 47.7 Å². The molecular formula is C19H23NO3. The molecule has 23 heavy (non-hydrogen) atoms. The number of fused-ring (bicyclic) bond motifs is 1. The van der Waals surface area contributed by atoms with Gasteiger partial charge in [-0.15, -0.1) is 0 Å². The molecule has 1 spiro atoms. The Morgan fingerprint density at radius 3 is 2.52 bits per heavy atom. The summed E-state index contributed by atoms with van der Waals surface area (Å²) in [5, 5.41) is 0. The van der Waals surface area contributed by atoms with E-state index in [-0.39, 0.29) is 11.7 Å². The van der Waals surface area contributed by atoms with E-state index in [0.29, 0.717) is 43.5 Å². The minimum absolute atomic E-state index is 0.00538. The Morgan fingerprint density at radius 1 is 1.26 bits per heavy atom. The number of carbonyl (C=O) groups excluding carboxylic acids is 2. The monoisotopic (exact) mass is 313 g/mol. The van der Waals surface area contributed by atoms with Crippen LogP contribution < -0.4 is 4.74 Å². The van der Waals surface area contributed by atoms with Crippen molar-refractivity contribution in [3.05, 3.63) is 41.0 Å². The Hall–Kier alpha value is -2.10. The first kappa shape index (κ1) is 15.8. The molecule has 1 aromatic carbocycles. The number of benzene rings is 1. The van der Waals surface area contributed by atoms with Crippen LogP contribution in [-0.2, 0) is 4.79 Å². The molecule has 122 valence electrons. The van der Waals surface area contributed by atoms with E-state index in [1.54, 1.807) is 11.8 Å². The lowest BCUT2D eigenvalue weighted by molar-refractivity contribution is -0.130. The molecule has 4 nitrogen and oxygen atoms in total. The maximum Gasteiger partial charge on any atom is 0.248 e. The highest BCUT2D eigenvalue weighted by Crippen LogP contribution is 2.41. The van der Waals surface area contributed by atoms with Gasteiger partial charge in [0, 0.05) is 31.5 Å². The molecule has 4 heteroatoms. The summed E-state index contributed by atoms with van der Waals surface area (Å²) < 4.78 is 6.32.